The second-order valence-corrected chi connectivity index (χ2v) is 6.57. The average Bonchev–Trinajstić information content (AvgIpc) is 2.62. The molecule has 0 saturated carbocycles. The van der Waals surface area contributed by atoms with Crippen LogP contribution >= 0.6 is 0 Å². The Labute approximate surface area is 147 Å². The van der Waals surface area contributed by atoms with Crippen LogP contribution in [0.4, 0.5) is 11.4 Å². The number of benzene rings is 1. The zero-order valence-electron chi connectivity index (χ0n) is 14.4. The molecule has 2 amide bonds. The van der Waals surface area contributed by atoms with Gasteiger partial charge in [0, 0.05) is 30.4 Å². The number of hydrogen-bond acceptors (Lipinski definition) is 5. The number of ether oxygens (including phenoxy) is 2. The molecule has 7 nitrogen and oxygen atoms in total. The largest absolute Gasteiger partial charge is 0.373 e. The maximum absolute atomic E-state index is 12.4. The summed E-state index contributed by atoms with van der Waals surface area (Å²) in [6, 6.07) is 7.71. The fraction of sp³-hybridized carbons (Fsp3) is 0.556. The van der Waals surface area contributed by atoms with Gasteiger partial charge in [0.15, 0.2) is 6.10 Å². The third-order valence-corrected chi connectivity index (χ3v) is 4.82. The van der Waals surface area contributed by atoms with Crippen molar-refractivity contribution in [2.45, 2.75) is 32.0 Å². The Hall–Kier alpha value is -2.12. The molecule has 1 aromatic carbocycles. The standard InChI is InChI=1S/C18H25N3O4/c1-12-16(25-10-9-24-12)18(23)20-14-3-2-4-15(11-14)21-7-5-13(6-8-21)17(19)22/h2-4,11-13,16H,5-10H2,1H3,(H2,19,22)(H,20,23)/t12-,16-/m0/s1. The highest BCUT2D eigenvalue weighted by Gasteiger charge is 2.30. The Kier molecular flexibility index (Phi) is 5.55. The molecule has 0 aliphatic carbocycles. The van der Waals surface area contributed by atoms with Crippen LogP contribution in [0.3, 0.4) is 0 Å². The van der Waals surface area contributed by atoms with Gasteiger partial charge in [0.25, 0.3) is 5.91 Å². The van der Waals surface area contributed by atoms with Gasteiger partial charge >= 0.3 is 0 Å². The molecular formula is C18H25N3O4. The van der Waals surface area contributed by atoms with Gasteiger partial charge in [0.05, 0.1) is 19.3 Å². The van der Waals surface area contributed by atoms with Gasteiger partial charge in [-0.2, -0.15) is 0 Å². The molecule has 0 radical (unpaired) electrons. The van der Waals surface area contributed by atoms with Crippen LogP contribution in [0.2, 0.25) is 0 Å². The minimum Gasteiger partial charge on any atom is -0.373 e. The van der Waals surface area contributed by atoms with Crippen LogP contribution in [0.1, 0.15) is 19.8 Å². The number of primary amides is 1. The third-order valence-electron chi connectivity index (χ3n) is 4.82. The van der Waals surface area contributed by atoms with Crippen LogP contribution in [-0.4, -0.2) is 50.3 Å². The highest BCUT2D eigenvalue weighted by molar-refractivity contribution is 5.95. The van der Waals surface area contributed by atoms with Gasteiger partial charge in [-0.1, -0.05) is 6.07 Å². The van der Waals surface area contributed by atoms with Gasteiger partial charge in [0.2, 0.25) is 5.91 Å². The van der Waals surface area contributed by atoms with Crippen LogP contribution < -0.4 is 16.0 Å². The lowest BCUT2D eigenvalue weighted by molar-refractivity contribution is -0.157. The molecule has 2 fully saturated rings. The molecule has 136 valence electrons. The first-order valence-electron chi connectivity index (χ1n) is 8.73. The average molecular weight is 347 g/mol. The molecule has 2 atom stereocenters. The molecule has 3 N–H and O–H groups in total. The molecule has 0 spiro atoms. The van der Waals surface area contributed by atoms with E-state index < -0.39 is 6.10 Å². The normalized spacial score (nSPS) is 24.8. The first-order chi connectivity index (χ1) is 12.0. The van der Waals surface area contributed by atoms with Gasteiger partial charge in [-0.05, 0) is 38.0 Å². The molecule has 2 aliphatic rings. The molecule has 0 bridgehead atoms. The molecule has 0 aromatic heterocycles. The van der Waals surface area contributed by atoms with E-state index in [4.69, 9.17) is 15.2 Å². The van der Waals surface area contributed by atoms with E-state index in [0.29, 0.717) is 13.2 Å². The van der Waals surface area contributed by atoms with Crippen molar-refractivity contribution in [3.63, 3.8) is 0 Å². The number of hydrogen-bond donors (Lipinski definition) is 2. The second kappa shape index (κ2) is 7.84. The van der Waals surface area contributed by atoms with E-state index in [1.807, 2.05) is 31.2 Å². The van der Waals surface area contributed by atoms with Gasteiger partial charge in [0.1, 0.15) is 0 Å². The Morgan fingerprint density at radius 2 is 1.92 bits per heavy atom. The quantitative estimate of drug-likeness (QED) is 0.851. The van der Waals surface area contributed by atoms with Gasteiger partial charge in [-0.3, -0.25) is 9.59 Å². The molecule has 2 heterocycles. The number of rotatable bonds is 4. The minimum atomic E-state index is -0.594. The highest BCUT2D eigenvalue weighted by Crippen LogP contribution is 2.25. The zero-order valence-corrected chi connectivity index (χ0v) is 14.4. The van der Waals surface area contributed by atoms with Crippen molar-refractivity contribution >= 4 is 23.2 Å². The van der Waals surface area contributed by atoms with E-state index in [2.05, 4.69) is 10.2 Å². The van der Waals surface area contributed by atoms with Crippen LogP contribution in [0, 0.1) is 5.92 Å². The lowest BCUT2D eigenvalue weighted by Crippen LogP contribution is -2.44. The molecule has 0 unspecified atom stereocenters. The number of amides is 2. The first kappa shape index (κ1) is 17.7. The van der Waals surface area contributed by atoms with Crippen molar-refractivity contribution in [3.05, 3.63) is 24.3 Å². The van der Waals surface area contributed by atoms with Crippen molar-refractivity contribution in [2.24, 2.45) is 11.7 Å². The molecule has 2 aliphatic heterocycles. The number of anilines is 2. The van der Waals surface area contributed by atoms with Crippen LogP contribution in [0.15, 0.2) is 24.3 Å². The topological polar surface area (TPSA) is 93.9 Å². The summed E-state index contributed by atoms with van der Waals surface area (Å²) >= 11 is 0. The van der Waals surface area contributed by atoms with E-state index in [9.17, 15) is 9.59 Å². The van der Waals surface area contributed by atoms with Crippen molar-refractivity contribution in [2.75, 3.05) is 36.5 Å². The Bertz CT molecular complexity index is 629. The van der Waals surface area contributed by atoms with Gasteiger partial charge in [-0.15, -0.1) is 0 Å². The van der Waals surface area contributed by atoms with E-state index in [1.54, 1.807) is 0 Å². The molecule has 1 aromatic rings. The number of nitrogens with one attached hydrogen (secondary N) is 1. The summed E-state index contributed by atoms with van der Waals surface area (Å²) in [4.78, 5) is 25.9. The van der Waals surface area contributed by atoms with Crippen LogP contribution in [0.5, 0.6) is 0 Å². The predicted molar refractivity (Wildman–Crippen MR) is 94.4 cm³/mol. The first-order valence-corrected chi connectivity index (χ1v) is 8.73. The predicted octanol–water partition coefficient (Wildman–Crippen LogP) is 1.13. The number of carbonyl (C=O) groups is 2. The lowest BCUT2D eigenvalue weighted by Gasteiger charge is -2.32. The molecular weight excluding hydrogens is 322 g/mol. The molecule has 7 heteroatoms. The summed E-state index contributed by atoms with van der Waals surface area (Å²) in [6.07, 6.45) is 0.668. The molecule has 3 rings (SSSR count). The van der Waals surface area contributed by atoms with E-state index in [-0.39, 0.29) is 23.8 Å². The van der Waals surface area contributed by atoms with Crippen molar-refractivity contribution in [1.29, 1.82) is 0 Å². The fourth-order valence-electron chi connectivity index (χ4n) is 3.34. The number of piperidine rings is 1. The van der Waals surface area contributed by atoms with Crippen molar-refractivity contribution < 1.29 is 19.1 Å². The summed E-state index contributed by atoms with van der Waals surface area (Å²) in [7, 11) is 0. The van der Waals surface area contributed by atoms with Crippen molar-refractivity contribution in [1.82, 2.24) is 0 Å². The summed E-state index contributed by atoms with van der Waals surface area (Å²) in [6.45, 7) is 4.34. The van der Waals surface area contributed by atoms with E-state index in [0.717, 1.165) is 37.3 Å². The van der Waals surface area contributed by atoms with Gasteiger partial charge < -0.3 is 25.4 Å². The fourth-order valence-corrected chi connectivity index (χ4v) is 3.34. The SMILES string of the molecule is C[C@@H]1OCCO[C@@H]1C(=O)Nc1cccc(N2CCC(C(N)=O)CC2)c1. The smallest absolute Gasteiger partial charge is 0.256 e. The van der Waals surface area contributed by atoms with E-state index in [1.165, 1.54) is 0 Å². The van der Waals surface area contributed by atoms with E-state index >= 15 is 0 Å². The maximum Gasteiger partial charge on any atom is 0.256 e. The summed E-state index contributed by atoms with van der Waals surface area (Å²) in [5, 5.41) is 2.90. The Morgan fingerprint density at radius 3 is 2.60 bits per heavy atom. The summed E-state index contributed by atoms with van der Waals surface area (Å²) < 4.78 is 11.0. The van der Waals surface area contributed by atoms with Crippen molar-refractivity contribution in [3.8, 4) is 0 Å². The number of carbonyl (C=O) groups excluding carboxylic acids is 2. The van der Waals surface area contributed by atoms with Gasteiger partial charge in [-0.25, -0.2) is 0 Å². The maximum atomic E-state index is 12.4. The minimum absolute atomic E-state index is 0.0379. The zero-order chi connectivity index (χ0) is 17.8. The summed E-state index contributed by atoms with van der Waals surface area (Å²) in [5.74, 6) is -0.453. The Balaban J connectivity index is 1.62. The van der Waals surface area contributed by atoms with Crippen LogP contribution in [-0.2, 0) is 19.1 Å². The lowest BCUT2D eigenvalue weighted by atomic mass is 9.96. The highest BCUT2D eigenvalue weighted by atomic mass is 16.6. The number of nitrogens with zero attached hydrogens (tertiary/aromatic N) is 1. The second-order valence-electron chi connectivity index (χ2n) is 6.57. The number of nitrogens with two attached hydrogens (primary N) is 1. The third kappa shape index (κ3) is 4.29. The molecule has 25 heavy (non-hydrogen) atoms. The van der Waals surface area contributed by atoms with Crippen LogP contribution in [0.25, 0.3) is 0 Å². The summed E-state index contributed by atoms with van der Waals surface area (Å²) in [5.41, 5.74) is 7.13. The monoisotopic (exact) mass is 347 g/mol. The molecule has 2 saturated heterocycles. The Morgan fingerprint density at radius 1 is 1.20 bits per heavy atom.